The molecule has 0 N–H and O–H groups in total. The Hall–Kier alpha value is -3.70. The topological polar surface area (TPSA) is 116 Å². The number of amides is 1. The molecular formula is C27H29N7O4. The van der Waals surface area contributed by atoms with Crippen molar-refractivity contribution in [1.82, 2.24) is 35.0 Å². The predicted molar refractivity (Wildman–Crippen MR) is 134 cm³/mol. The molecule has 1 amide bonds. The number of tetrazole rings is 1. The Morgan fingerprint density at radius 2 is 2.05 bits per heavy atom. The van der Waals surface area contributed by atoms with Crippen molar-refractivity contribution in [2.24, 2.45) is 0 Å². The number of carbonyl (C=O) groups excluding carboxylic acids is 2. The van der Waals surface area contributed by atoms with Crippen molar-refractivity contribution >= 4 is 11.9 Å². The van der Waals surface area contributed by atoms with E-state index in [1.165, 1.54) is 11.0 Å². The first-order valence-corrected chi connectivity index (χ1v) is 13.2. The number of hydrogen-bond acceptors (Lipinski definition) is 9. The van der Waals surface area contributed by atoms with Gasteiger partial charge in [0.1, 0.15) is 12.4 Å². The zero-order chi connectivity index (χ0) is 25.8. The van der Waals surface area contributed by atoms with Crippen LogP contribution in [0.4, 0.5) is 0 Å². The van der Waals surface area contributed by atoms with Crippen LogP contribution in [0, 0.1) is 0 Å². The van der Waals surface area contributed by atoms with Gasteiger partial charge in [0, 0.05) is 38.3 Å². The second-order valence-corrected chi connectivity index (χ2v) is 10.6. The third kappa shape index (κ3) is 4.06. The molecule has 38 heavy (non-hydrogen) atoms. The molecule has 2 unspecified atom stereocenters. The predicted octanol–water partition coefficient (Wildman–Crippen LogP) is 1.47. The first-order valence-electron chi connectivity index (χ1n) is 13.2. The number of fused-ring (bicyclic) bond motifs is 3. The molecule has 3 aliphatic heterocycles. The van der Waals surface area contributed by atoms with Crippen LogP contribution in [0.2, 0.25) is 0 Å². The highest BCUT2D eigenvalue weighted by Gasteiger charge is 2.39. The summed E-state index contributed by atoms with van der Waals surface area (Å²) in [6.07, 6.45) is 3.63. The number of carbonyl (C=O) groups is 2. The van der Waals surface area contributed by atoms with Gasteiger partial charge in [-0.3, -0.25) is 9.69 Å². The second kappa shape index (κ2) is 9.25. The summed E-state index contributed by atoms with van der Waals surface area (Å²) < 4.78 is 13.2. The summed E-state index contributed by atoms with van der Waals surface area (Å²) in [5, 5.41) is 11.3. The van der Waals surface area contributed by atoms with Gasteiger partial charge in [0.15, 0.2) is 5.82 Å². The summed E-state index contributed by atoms with van der Waals surface area (Å²) in [6.45, 7) is 5.47. The first-order chi connectivity index (χ1) is 18.5. The number of morpholine rings is 1. The molecule has 11 heteroatoms. The number of aromatic nitrogens is 5. The Kier molecular flexibility index (Phi) is 5.70. The van der Waals surface area contributed by atoms with E-state index in [0.717, 1.165) is 54.7 Å². The van der Waals surface area contributed by atoms with Crippen molar-refractivity contribution < 1.29 is 19.1 Å². The lowest BCUT2D eigenvalue weighted by Gasteiger charge is -2.46. The minimum atomic E-state index is -0.246. The van der Waals surface area contributed by atoms with Crippen LogP contribution in [0.25, 0.3) is 5.82 Å². The van der Waals surface area contributed by atoms with Crippen LogP contribution in [-0.4, -0.2) is 91.8 Å². The van der Waals surface area contributed by atoms with Gasteiger partial charge in [-0.25, -0.2) is 9.78 Å². The van der Waals surface area contributed by atoms with Crippen molar-refractivity contribution in [2.45, 2.75) is 50.4 Å². The summed E-state index contributed by atoms with van der Waals surface area (Å²) in [7, 11) is 0. The van der Waals surface area contributed by atoms with E-state index in [1.54, 1.807) is 0 Å². The van der Waals surface area contributed by atoms with Crippen molar-refractivity contribution in [3.05, 3.63) is 64.6 Å². The lowest BCUT2D eigenvalue weighted by molar-refractivity contribution is -0.141. The smallest absolute Gasteiger partial charge is 0.338 e. The molecule has 196 valence electrons. The SMILES string of the molecule is C[C@@H]1Cc2cc([C@H]3CN4CCN(C(=O)C5CCc6nc(-n7cnnn7)ccc65)CC4CO3)ccc2C(=O)O1. The summed E-state index contributed by atoms with van der Waals surface area (Å²) in [4.78, 5) is 34.9. The number of hydrogen-bond donors (Lipinski definition) is 0. The number of rotatable bonds is 3. The maximum absolute atomic E-state index is 13.6. The van der Waals surface area contributed by atoms with Gasteiger partial charge < -0.3 is 14.4 Å². The van der Waals surface area contributed by atoms with Crippen LogP contribution in [0.3, 0.4) is 0 Å². The fourth-order valence-corrected chi connectivity index (χ4v) is 6.29. The molecule has 1 aliphatic carbocycles. The number of ether oxygens (including phenoxy) is 2. The zero-order valence-corrected chi connectivity index (χ0v) is 21.2. The highest BCUT2D eigenvalue weighted by molar-refractivity contribution is 5.92. The molecule has 0 saturated carbocycles. The highest BCUT2D eigenvalue weighted by Crippen LogP contribution is 2.35. The molecular weight excluding hydrogens is 486 g/mol. The second-order valence-electron chi connectivity index (χ2n) is 10.6. The fourth-order valence-electron chi connectivity index (χ4n) is 6.29. The molecule has 3 aromatic rings. The number of aryl methyl sites for hydroxylation is 1. The molecule has 2 aromatic heterocycles. The minimum Gasteiger partial charge on any atom is -0.459 e. The Balaban J connectivity index is 1.01. The summed E-state index contributed by atoms with van der Waals surface area (Å²) in [6, 6.07) is 10.0. The van der Waals surface area contributed by atoms with E-state index in [2.05, 4.69) is 26.5 Å². The van der Waals surface area contributed by atoms with E-state index in [-0.39, 0.29) is 36.0 Å². The van der Waals surface area contributed by atoms with E-state index in [0.29, 0.717) is 31.1 Å². The zero-order valence-electron chi connectivity index (χ0n) is 21.2. The lowest BCUT2D eigenvalue weighted by atomic mass is 9.94. The highest BCUT2D eigenvalue weighted by atomic mass is 16.5. The van der Waals surface area contributed by atoms with Crippen LogP contribution in [0.5, 0.6) is 0 Å². The Morgan fingerprint density at radius 1 is 1.13 bits per heavy atom. The average molecular weight is 516 g/mol. The Bertz CT molecular complexity index is 1390. The summed E-state index contributed by atoms with van der Waals surface area (Å²) in [5.41, 5.74) is 4.75. The standard InChI is InChI=1S/C27H29N7O4/c1-16-10-18-11-17(2-3-20(18)27(36)38-16)24-13-32-8-9-33(12-19(32)14-37-24)26(35)22-4-6-23-21(22)5-7-25(29-23)34-15-28-30-31-34/h2-3,5,7,11,15-16,19,22,24H,4,6,8-10,12-14H2,1H3/t16-,19?,22?,24-/m1/s1. The molecule has 4 atom stereocenters. The fraction of sp³-hybridized carbons (Fsp3) is 0.481. The molecule has 4 aliphatic rings. The van der Waals surface area contributed by atoms with Gasteiger partial charge >= 0.3 is 5.97 Å². The largest absolute Gasteiger partial charge is 0.459 e. The van der Waals surface area contributed by atoms with Gasteiger partial charge in [0.05, 0.1) is 30.2 Å². The van der Waals surface area contributed by atoms with Crippen molar-refractivity contribution in [3.63, 3.8) is 0 Å². The van der Waals surface area contributed by atoms with E-state index >= 15 is 0 Å². The van der Waals surface area contributed by atoms with Crippen molar-refractivity contribution in [2.75, 3.05) is 32.8 Å². The number of cyclic esters (lactones) is 1. The summed E-state index contributed by atoms with van der Waals surface area (Å²) in [5.74, 6) is 0.439. The minimum absolute atomic E-state index is 0.0470. The molecule has 0 bridgehead atoms. The van der Waals surface area contributed by atoms with E-state index < -0.39 is 0 Å². The summed E-state index contributed by atoms with van der Waals surface area (Å²) >= 11 is 0. The first kappa shape index (κ1) is 23.4. The number of pyridine rings is 1. The quantitative estimate of drug-likeness (QED) is 0.478. The molecule has 2 saturated heterocycles. The Morgan fingerprint density at radius 3 is 2.92 bits per heavy atom. The average Bonchev–Trinajstić information content (AvgIpc) is 3.62. The monoisotopic (exact) mass is 515 g/mol. The van der Waals surface area contributed by atoms with Gasteiger partial charge in [-0.1, -0.05) is 18.2 Å². The van der Waals surface area contributed by atoms with Crippen LogP contribution < -0.4 is 0 Å². The number of piperazine rings is 1. The third-order valence-corrected chi connectivity index (χ3v) is 8.26. The molecule has 2 fully saturated rings. The number of nitrogens with zero attached hydrogens (tertiary/aromatic N) is 7. The third-order valence-electron chi connectivity index (χ3n) is 8.26. The maximum atomic E-state index is 13.6. The van der Waals surface area contributed by atoms with Gasteiger partial charge in [-0.15, -0.1) is 5.10 Å². The molecule has 11 nitrogen and oxygen atoms in total. The maximum Gasteiger partial charge on any atom is 0.338 e. The van der Waals surface area contributed by atoms with Gasteiger partial charge in [-0.2, -0.15) is 4.68 Å². The van der Waals surface area contributed by atoms with Crippen LogP contribution in [-0.2, 0) is 27.1 Å². The van der Waals surface area contributed by atoms with Crippen molar-refractivity contribution in [1.29, 1.82) is 0 Å². The van der Waals surface area contributed by atoms with Gasteiger partial charge in [-0.05, 0) is 59.0 Å². The van der Waals surface area contributed by atoms with Gasteiger partial charge in [0.25, 0.3) is 0 Å². The van der Waals surface area contributed by atoms with E-state index in [9.17, 15) is 9.59 Å². The van der Waals surface area contributed by atoms with Crippen LogP contribution >= 0.6 is 0 Å². The van der Waals surface area contributed by atoms with Gasteiger partial charge in [0.2, 0.25) is 5.91 Å². The van der Waals surface area contributed by atoms with Crippen LogP contribution in [0.15, 0.2) is 36.7 Å². The number of esters is 1. The Labute approximate surface area is 219 Å². The number of benzene rings is 1. The molecule has 1 aromatic carbocycles. The van der Waals surface area contributed by atoms with E-state index in [1.807, 2.05) is 36.1 Å². The van der Waals surface area contributed by atoms with Crippen molar-refractivity contribution in [3.8, 4) is 5.82 Å². The molecule has 5 heterocycles. The normalized spacial score (nSPS) is 26.9. The molecule has 7 rings (SSSR count). The van der Waals surface area contributed by atoms with E-state index in [4.69, 9.17) is 14.5 Å². The molecule has 0 spiro atoms. The molecule has 0 radical (unpaired) electrons. The van der Waals surface area contributed by atoms with Crippen LogP contribution in [0.1, 0.15) is 58.1 Å². The lowest BCUT2D eigenvalue weighted by Crippen LogP contribution is -2.60.